The molecule has 0 radical (unpaired) electrons. The van der Waals surface area contributed by atoms with E-state index in [4.69, 9.17) is 21.1 Å². The standard InChI is InChI=1S/C26H27ClF2N2O4S/c1-34-24-4-2-3-19(13-24)18-35-26(20-5-7-21(27)8-6-20)17-30-9-11-31(12-10-30)36(32,33)25-15-22(28)14-23(29)16-25/h2-8,13-16,26H,9-12,17-18H2,1H3. The zero-order chi connectivity index (χ0) is 25.7. The highest BCUT2D eigenvalue weighted by molar-refractivity contribution is 7.89. The van der Waals surface area contributed by atoms with Gasteiger partial charge in [0.1, 0.15) is 17.4 Å². The van der Waals surface area contributed by atoms with Crippen LogP contribution in [0.1, 0.15) is 17.2 Å². The normalized spacial score (nSPS) is 16.1. The maximum absolute atomic E-state index is 13.6. The number of rotatable bonds is 9. The number of hydrogen-bond donors (Lipinski definition) is 0. The fourth-order valence-electron chi connectivity index (χ4n) is 4.10. The number of piperazine rings is 1. The average Bonchev–Trinajstić information content (AvgIpc) is 2.87. The third-order valence-corrected chi connectivity index (χ3v) is 8.18. The van der Waals surface area contributed by atoms with Crippen LogP contribution in [0.4, 0.5) is 8.78 Å². The molecule has 3 aromatic carbocycles. The fraction of sp³-hybridized carbons (Fsp3) is 0.308. The van der Waals surface area contributed by atoms with Gasteiger partial charge in [-0.15, -0.1) is 0 Å². The molecule has 0 amide bonds. The third-order valence-electron chi connectivity index (χ3n) is 6.06. The second-order valence-electron chi connectivity index (χ2n) is 8.51. The molecule has 1 unspecified atom stereocenters. The molecule has 10 heteroatoms. The van der Waals surface area contributed by atoms with Gasteiger partial charge in [0.2, 0.25) is 10.0 Å². The van der Waals surface area contributed by atoms with Crippen LogP contribution < -0.4 is 4.74 Å². The monoisotopic (exact) mass is 536 g/mol. The number of benzene rings is 3. The summed E-state index contributed by atoms with van der Waals surface area (Å²) in [6, 6.07) is 17.4. The van der Waals surface area contributed by atoms with Gasteiger partial charge in [-0.25, -0.2) is 17.2 Å². The molecule has 1 saturated heterocycles. The molecule has 1 heterocycles. The second-order valence-corrected chi connectivity index (χ2v) is 10.9. The van der Waals surface area contributed by atoms with Crippen molar-refractivity contribution < 1.29 is 26.7 Å². The lowest BCUT2D eigenvalue weighted by atomic mass is 10.1. The Labute approximate surface area is 215 Å². The van der Waals surface area contributed by atoms with Gasteiger partial charge in [0.25, 0.3) is 0 Å². The van der Waals surface area contributed by atoms with Crippen LogP contribution in [0.25, 0.3) is 0 Å². The molecule has 3 aromatic rings. The number of halogens is 3. The molecular weight excluding hydrogens is 510 g/mol. The second kappa shape index (κ2) is 11.7. The summed E-state index contributed by atoms with van der Waals surface area (Å²) < 4.78 is 65.8. The summed E-state index contributed by atoms with van der Waals surface area (Å²) in [4.78, 5) is 1.73. The minimum absolute atomic E-state index is 0.198. The molecule has 0 spiro atoms. The van der Waals surface area contributed by atoms with Gasteiger partial charge >= 0.3 is 0 Å². The van der Waals surface area contributed by atoms with E-state index in [0.29, 0.717) is 37.3 Å². The van der Waals surface area contributed by atoms with Crippen LogP contribution in [0.15, 0.2) is 71.6 Å². The highest BCUT2D eigenvalue weighted by Gasteiger charge is 2.30. The van der Waals surface area contributed by atoms with E-state index in [1.165, 1.54) is 4.31 Å². The lowest BCUT2D eigenvalue weighted by Crippen LogP contribution is -2.49. The van der Waals surface area contributed by atoms with Crippen molar-refractivity contribution in [1.82, 2.24) is 9.21 Å². The molecule has 192 valence electrons. The number of hydrogen-bond acceptors (Lipinski definition) is 5. The van der Waals surface area contributed by atoms with Crippen molar-refractivity contribution in [3.8, 4) is 5.75 Å². The fourth-order valence-corrected chi connectivity index (χ4v) is 5.70. The summed E-state index contributed by atoms with van der Waals surface area (Å²) in [6.45, 7) is 2.19. The van der Waals surface area contributed by atoms with E-state index in [1.807, 2.05) is 36.4 Å². The summed E-state index contributed by atoms with van der Waals surface area (Å²) >= 11 is 6.07. The molecule has 1 aliphatic heterocycles. The molecule has 0 aromatic heterocycles. The summed E-state index contributed by atoms with van der Waals surface area (Å²) in [5, 5.41) is 0.623. The lowest BCUT2D eigenvalue weighted by Gasteiger charge is -2.36. The van der Waals surface area contributed by atoms with Crippen LogP contribution in [0.3, 0.4) is 0 Å². The smallest absolute Gasteiger partial charge is 0.243 e. The Balaban J connectivity index is 1.43. The Kier molecular flexibility index (Phi) is 8.58. The quantitative estimate of drug-likeness (QED) is 0.390. The predicted molar refractivity (Wildman–Crippen MR) is 134 cm³/mol. The molecule has 0 saturated carbocycles. The van der Waals surface area contributed by atoms with E-state index >= 15 is 0 Å². The molecule has 1 atom stereocenters. The topological polar surface area (TPSA) is 59.1 Å². The minimum atomic E-state index is -4.00. The Hall–Kier alpha value is -2.56. The zero-order valence-corrected chi connectivity index (χ0v) is 21.3. The average molecular weight is 537 g/mol. The summed E-state index contributed by atoms with van der Waals surface area (Å²) in [5.41, 5.74) is 1.92. The minimum Gasteiger partial charge on any atom is -0.497 e. The van der Waals surface area contributed by atoms with Gasteiger partial charge in [0.05, 0.1) is 24.7 Å². The van der Waals surface area contributed by atoms with Gasteiger partial charge in [-0.2, -0.15) is 4.31 Å². The van der Waals surface area contributed by atoms with Gasteiger partial charge in [0, 0.05) is 43.8 Å². The van der Waals surface area contributed by atoms with Crippen LogP contribution in [0.2, 0.25) is 5.02 Å². The SMILES string of the molecule is COc1cccc(COC(CN2CCN(S(=O)(=O)c3cc(F)cc(F)c3)CC2)c2ccc(Cl)cc2)c1. The van der Waals surface area contributed by atoms with Gasteiger partial charge in [-0.3, -0.25) is 4.90 Å². The molecule has 36 heavy (non-hydrogen) atoms. The van der Waals surface area contributed by atoms with Crippen molar-refractivity contribution >= 4 is 21.6 Å². The number of nitrogens with zero attached hydrogens (tertiary/aromatic N) is 2. The Bertz CT molecular complexity index is 1260. The molecular formula is C26H27ClF2N2O4S. The highest BCUT2D eigenvalue weighted by Crippen LogP contribution is 2.25. The maximum Gasteiger partial charge on any atom is 0.243 e. The predicted octanol–water partition coefficient (Wildman–Crippen LogP) is 4.89. The van der Waals surface area contributed by atoms with E-state index in [9.17, 15) is 17.2 Å². The van der Waals surface area contributed by atoms with E-state index in [1.54, 1.807) is 19.2 Å². The number of ether oxygens (including phenoxy) is 2. The Morgan fingerprint density at radius 2 is 1.61 bits per heavy atom. The largest absolute Gasteiger partial charge is 0.497 e. The third kappa shape index (κ3) is 6.60. The van der Waals surface area contributed by atoms with E-state index in [2.05, 4.69) is 4.90 Å². The molecule has 0 N–H and O–H groups in total. The molecule has 6 nitrogen and oxygen atoms in total. The van der Waals surface area contributed by atoms with Crippen molar-refractivity contribution in [3.63, 3.8) is 0 Å². The first-order valence-corrected chi connectivity index (χ1v) is 13.2. The van der Waals surface area contributed by atoms with Crippen LogP contribution >= 0.6 is 11.6 Å². The Morgan fingerprint density at radius 1 is 0.944 bits per heavy atom. The number of sulfonamides is 1. The summed E-state index contributed by atoms with van der Waals surface area (Å²) in [7, 11) is -2.39. The van der Waals surface area contributed by atoms with Crippen molar-refractivity contribution in [1.29, 1.82) is 0 Å². The summed E-state index contributed by atoms with van der Waals surface area (Å²) in [6.07, 6.45) is -0.283. The zero-order valence-electron chi connectivity index (χ0n) is 19.7. The first kappa shape index (κ1) is 26.5. The van der Waals surface area contributed by atoms with Crippen LogP contribution in [0, 0.1) is 11.6 Å². The van der Waals surface area contributed by atoms with Gasteiger partial charge < -0.3 is 9.47 Å². The lowest BCUT2D eigenvalue weighted by molar-refractivity contribution is 0.00767. The molecule has 0 bridgehead atoms. The first-order chi connectivity index (χ1) is 17.2. The molecule has 0 aliphatic carbocycles. The highest BCUT2D eigenvalue weighted by atomic mass is 35.5. The molecule has 1 aliphatic rings. The van der Waals surface area contributed by atoms with Gasteiger partial charge in [-0.05, 0) is 47.5 Å². The van der Waals surface area contributed by atoms with Crippen LogP contribution in [0.5, 0.6) is 5.75 Å². The van der Waals surface area contributed by atoms with E-state index < -0.39 is 21.7 Å². The Morgan fingerprint density at radius 3 is 2.25 bits per heavy atom. The van der Waals surface area contributed by atoms with Crippen molar-refractivity contribution in [3.05, 3.63) is 94.5 Å². The van der Waals surface area contributed by atoms with Gasteiger partial charge in [-0.1, -0.05) is 35.9 Å². The van der Waals surface area contributed by atoms with Gasteiger partial charge in [0.15, 0.2) is 0 Å². The molecule has 1 fully saturated rings. The molecule has 4 rings (SSSR count). The number of methoxy groups -OCH3 is 1. The maximum atomic E-state index is 13.6. The van der Waals surface area contributed by atoms with Crippen LogP contribution in [-0.4, -0.2) is 57.5 Å². The van der Waals surface area contributed by atoms with Crippen molar-refractivity contribution in [2.45, 2.75) is 17.6 Å². The summed E-state index contributed by atoms with van der Waals surface area (Å²) in [5.74, 6) is -1.10. The van der Waals surface area contributed by atoms with E-state index in [-0.39, 0.29) is 24.1 Å². The van der Waals surface area contributed by atoms with Crippen molar-refractivity contribution in [2.24, 2.45) is 0 Å². The van der Waals surface area contributed by atoms with Crippen LogP contribution in [-0.2, 0) is 21.4 Å². The first-order valence-electron chi connectivity index (χ1n) is 11.4. The van der Waals surface area contributed by atoms with Crippen molar-refractivity contribution in [2.75, 3.05) is 39.8 Å². The van der Waals surface area contributed by atoms with E-state index in [0.717, 1.165) is 29.0 Å².